The van der Waals surface area contributed by atoms with Crippen LogP contribution in [-0.2, 0) is 26.6 Å². The van der Waals surface area contributed by atoms with E-state index in [9.17, 15) is 9.59 Å². The van der Waals surface area contributed by atoms with Crippen LogP contribution in [-0.4, -0.2) is 62.1 Å². The fourth-order valence-electron chi connectivity index (χ4n) is 4.37. The maximum absolute atomic E-state index is 13.1. The Morgan fingerprint density at radius 2 is 1.92 bits per heavy atom. The minimum atomic E-state index is -0.212. The Labute approximate surface area is 214 Å². The third-order valence-electron chi connectivity index (χ3n) is 6.35. The van der Waals surface area contributed by atoms with Gasteiger partial charge in [0.25, 0.3) is 11.8 Å². The number of carbonyl (C=O) groups excluding carboxylic acids is 2. The molecule has 1 aliphatic heterocycles. The summed E-state index contributed by atoms with van der Waals surface area (Å²) in [7, 11) is 5.30. The highest BCUT2D eigenvalue weighted by atomic mass is 16.2. The number of benzene rings is 1. The SMILES string of the molecule is CN(C)C(=O)c1ccc(N2CCc3c(c(C(=O)NCc4ccc(Nc5ncc[nH]5)cc4)nn3C)C2)nc1. The van der Waals surface area contributed by atoms with Gasteiger partial charge in [0.15, 0.2) is 5.69 Å². The molecule has 4 aromatic rings. The molecule has 0 saturated carbocycles. The van der Waals surface area contributed by atoms with Crippen LogP contribution in [0, 0.1) is 0 Å². The number of hydrogen-bond acceptors (Lipinski definition) is 7. The number of aromatic amines is 1. The number of hydrogen-bond donors (Lipinski definition) is 3. The van der Waals surface area contributed by atoms with E-state index < -0.39 is 0 Å². The number of anilines is 3. The zero-order valence-corrected chi connectivity index (χ0v) is 21.0. The highest BCUT2D eigenvalue weighted by Gasteiger charge is 2.28. The van der Waals surface area contributed by atoms with Crippen LogP contribution >= 0.6 is 0 Å². The van der Waals surface area contributed by atoms with E-state index >= 15 is 0 Å². The number of carbonyl (C=O) groups is 2. The summed E-state index contributed by atoms with van der Waals surface area (Å²) in [5.41, 5.74) is 4.79. The fourth-order valence-corrected chi connectivity index (χ4v) is 4.37. The van der Waals surface area contributed by atoms with E-state index in [0.717, 1.165) is 41.3 Å². The lowest BCUT2D eigenvalue weighted by molar-refractivity contribution is 0.0826. The number of aryl methyl sites for hydroxylation is 1. The molecule has 1 aromatic carbocycles. The van der Waals surface area contributed by atoms with Crippen LogP contribution in [0.5, 0.6) is 0 Å². The van der Waals surface area contributed by atoms with Crippen LogP contribution in [0.25, 0.3) is 0 Å². The molecule has 3 aromatic heterocycles. The maximum Gasteiger partial charge on any atom is 0.272 e. The highest BCUT2D eigenvalue weighted by molar-refractivity contribution is 5.94. The van der Waals surface area contributed by atoms with Crippen LogP contribution in [0.1, 0.15) is 37.7 Å². The van der Waals surface area contributed by atoms with Crippen LogP contribution in [0.4, 0.5) is 17.5 Å². The molecule has 2 amide bonds. The highest BCUT2D eigenvalue weighted by Crippen LogP contribution is 2.26. The number of rotatable bonds is 7. The van der Waals surface area contributed by atoms with Crippen LogP contribution < -0.4 is 15.5 Å². The van der Waals surface area contributed by atoms with Crippen molar-refractivity contribution < 1.29 is 9.59 Å². The molecule has 0 bridgehead atoms. The van der Waals surface area contributed by atoms with Gasteiger partial charge < -0.3 is 25.4 Å². The molecule has 37 heavy (non-hydrogen) atoms. The van der Waals surface area contributed by atoms with Gasteiger partial charge in [0.05, 0.1) is 5.56 Å². The Morgan fingerprint density at radius 3 is 2.59 bits per heavy atom. The van der Waals surface area contributed by atoms with Gasteiger partial charge in [-0.2, -0.15) is 5.10 Å². The van der Waals surface area contributed by atoms with E-state index in [4.69, 9.17) is 0 Å². The van der Waals surface area contributed by atoms with E-state index in [1.54, 1.807) is 43.4 Å². The molecule has 0 fully saturated rings. The summed E-state index contributed by atoms with van der Waals surface area (Å²) in [6.45, 7) is 1.66. The molecule has 0 unspecified atom stereocenters. The summed E-state index contributed by atoms with van der Waals surface area (Å²) >= 11 is 0. The summed E-state index contributed by atoms with van der Waals surface area (Å²) in [6.07, 6.45) is 5.78. The number of aromatic nitrogens is 5. The van der Waals surface area contributed by atoms with Gasteiger partial charge in [-0.1, -0.05) is 12.1 Å². The van der Waals surface area contributed by atoms with Gasteiger partial charge in [-0.3, -0.25) is 14.3 Å². The second-order valence-electron chi connectivity index (χ2n) is 9.12. The van der Waals surface area contributed by atoms with Crippen molar-refractivity contribution in [3.63, 3.8) is 0 Å². The van der Waals surface area contributed by atoms with Crippen LogP contribution in [0.2, 0.25) is 0 Å². The lowest BCUT2D eigenvalue weighted by Gasteiger charge is -2.28. The quantitative estimate of drug-likeness (QED) is 0.357. The topological polar surface area (TPSA) is 124 Å². The molecule has 0 radical (unpaired) electrons. The molecule has 3 N–H and O–H groups in total. The van der Waals surface area contributed by atoms with Crippen LogP contribution in [0.15, 0.2) is 55.0 Å². The Bertz CT molecular complexity index is 1390. The third-order valence-corrected chi connectivity index (χ3v) is 6.35. The summed E-state index contributed by atoms with van der Waals surface area (Å²) in [4.78, 5) is 40.6. The van der Waals surface area contributed by atoms with Crippen molar-refractivity contribution in [1.82, 2.24) is 34.9 Å². The van der Waals surface area contributed by atoms with Crippen molar-refractivity contribution in [2.24, 2.45) is 7.05 Å². The Morgan fingerprint density at radius 1 is 1.11 bits per heavy atom. The first kappa shape index (κ1) is 24.0. The van der Waals surface area contributed by atoms with E-state index in [1.165, 1.54) is 4.90 Å². The molecular weight excluding hydrogens is 470 g/mol. The minimum Gasteiger partial charge on any atom is -0.352 e. The molecule has 5 rings (SSSR count). The van der Waals surface area contributed by atoms with Crippen molar-refractivity contribution in [3.8, 4) is 0 Å². The molecule has 0 saturated heterocycles. The number of fused-ring (bicyclic) bond motifs is 1. The molecule has 190 valence electrons. The maximum atomic E-state index is 13.1. The number of nitrogens with zero attached hydrogens (tertiary/aromatic N) is 6. The standard InChI is InChI=1S/C26H29N9O2/c1-33(2)25(37)18-6-9-22(29-15-18)35-13-10-21-20(16-35)23(32-34(21)3)24(36)30-14-17-4-7-19(8-5-17)31-26-27-11-12-28-26/h4-9,11-12,15H,10,13-14,16H2,1-3H3,(H,30,36)(H2,27,28,31). The summed E-state index contributed by atoms with van der Waals surface area (Å²) < 4.78 is 1.79. The number of amides is 2. The molecular formula is C26H29N9O2. The first-order chi connectivity index (χ1) is 17.9. The van der Waals surface area contributed by atoms with Crippen LogP contribution in [0.3, 0.4) is 0 Å². The third kappa shape index (κ3) is 5.15. The monoisotopic (exact) mass is 499 g/mol. The normalized spacial score (nSPS) is 12.7. The largest absolute Gasteiger partial charge is 0.352 e. The number of imidazole rings is 1. The van der Waals surface area contributed by atoms with E-state index in [2.05, 4.69) is 35.6 Å². The van der Waals surface area contributed by atoms with Gasteiger partial charge in [-0.05, 0) is 29.8 Å². The average molecular weight is 500 g/mol. The van der Waals surface area contributed by atoms with Crippen molar-refractivity contribution >= 4 is 29.3 Å². The van der Waals surface area contributed by atoms with E-state index in [0.29, 0.717) is 30.3 Å². The summed E-state index contributed by atoms with van der Waals surface area (Å²) in [5, 5.41) is 10.7. The lowest BCUT2D eigenvalue weighted by atomic mass is 10.0. The molecule has 11 nitrogen and oxygen atoms in total. The summed E-state index contributed by atoms with van der Waals surface area (Å²) in [6, 6.07) is 11.4. The van der Waals surface area contributed by atoms with Crippen molar-refractivity contribution in [2.75, 3.05) is 30.9 Å². The van der Waals surface area contributed by atoms with Crippen molar-refractivity contribution in [1.29, 1.82) is 0 Å². The minimum absolute atomic E-state index is 0.0883. The number of H-pyrrole nitrogens is 1. The zero-order valence-electron chi connectivity index (χ0n) is 21.0. The Balaban J connectivity index is 1.24. The van der Waals surface area contributed by atoms with Gasteiger partial charge in [-0.15, -0.1) is 0 Å². The molecule has 11 heteroatoms. The average Bonchev–Trinajstić information content (AvgIpc) is 3.55. The van der Waals surface area contributed by atoms with Gasteiger partial charge in [0, 0.05) is 82.7 Å². The molecule has 0 spiro atoms. The van der Waals surface area contributed by atoms with E-state index in [1.807, 2.05) is 37.4 Å². The van der Waals surface area contributed by atoms with E-state index in [-0.39, 0.29) is 11.8 Å². The second-order valence-corrected chi connectivity index (χ2v) is 9.12. The number of pyridine rings is 1. The smallest absolute Gasteiger partial charge is 0.272 e. The molecule has 0 aliphatic carbocycles. The molecule has 4 heterocycles. The van der Waals surface area contributed by atoms with Gasteiger partial charge >= 0.3 is 0 Å². The molecule has 1 aliphatic rings. The fraction of sp³-hybridized carbons (Fsp3) is 0.269. The first-order valence-electron chi connectivity index (χ1n) is 12.0. The Hall–Kier alpha value is -4.67. The van der Waals surface area contributed by atoms with Gasteiger partial charge in [-0.25, -0.2) is 9.97 Å². The predicted molar refractivity (Wildman–Crippen MR) is 140 cm³/mol. The first-order valence-corrected chi connectivity index (χ1v) is 12.0. The Kier molecular flexibility index (Phi) is 6.59. The predicted octanol–water partition coefficient (Wildman–Crippen LogP) is 2.48. The second kappa shape index (κ2) is 10.1. The van der Waals surface area contributed by atoms with Crippen molar-refractivity contribution in [2.45, 2.75) is 19.5 Å². The lowest BCUT2D eigenvalue weighted by Crippen LogP contribution is -2.33. The molecule has 0 atom stereocenters. The zero-order chi connectivity index (χ0) is 25.9. The van der Waals surface area contributed by atoms with Crippen molar-refractivity contribution in [3.05, 3.63) is 83.1 Å². The van der Waals surface area contributed by atoms with Gasteiger partial charge in [0.2, 0.25) is 5.95 Å². The van der Waals surface area contributed by atoms with Gasteiger partial charge in [0.1, 0.15) is 5.82 Å². The summed E-state index contributed by atoms with van der Waals surface area (Å²) in [5.74, 6) is 1.13. The number of nitrogens with one attached hydrogen (secondary N) is 3.